The number of ether oxygens (including phenoxy) is 1. The Morgan fingerprint density at radius 3 is 2.79 bits per heavy atom. The highest BCUT2D eigenvalue weighted by molar-refractivity contribution is 9.10. The molecule has 0 amide bonds. The van der Waals surface area contributed by atoms with E-state index in [2.05, 4.69) is 22.9 Å². The molecule has 3 heteroatoms. The molecular weight excluding hydrogens is 242 g/mol. The Labute approximate surface area is 92.6 Å². The van der Waals surface area contributed by atoms with Gasteiger partial charge in [-0.25, -0.2) is 0 Å². The first-order valence-corrected chi connectivity index (χ1v) is 5.57. The van der Waals surface area contributed by atoms with Gasteiger partial charge in [0.2, 0.25) is 0 Å². The van der Waals surface area contributed by atoms with Crippen LogP contribution in [0.1, 0.15) is 13.3 Å². The molecule has 2 nitrogen and oxygen atoms in total. The third-order valence-corrected chi connectivity index (χ3v) is 3.50. The van der Waals surface area contributed by atoms with Crippen LogP contribution in [0.4, 0.5) is 0 Å². The number of hydrogen-bond acceptors (Lipinski definition) is 2. The van der Waals surface area contributed by atoms with Crippen LogP contribution in [-0.4, -0.2) is 12.1 Å². The molecule has 0 bridgehead atoms. The zero-order valence-electron chi connectivity index (χ0n) is 8.16. The minimum Gasteiger partial charge on any atom is -0.490 e. The van der Waals surface area contributed by atoms with Crippen molar-refractivity contribution >= 4 is 15.9 Å². The van der Waals surface area contributed by atoms with E-state index in [0.717, 1.165) is 16.6 Å². The number of para-hydroxylation sites is 1. The molecule has 1 aliphatic rings. The highest BCUT2D eigenvalue weighted by atomic mass is 79.9. The van der Waals surface area contributed by atoms with Crippen molar-refractivity contribution in [3.63, 3.8) is 0 Å². The van der Waals surface area contributed by atoms with Gasteiger partial charge in [-0.2, -0.15) is 0 Å². The van der Waals surface area contributed by atoms with Gasteiger partial charge >= 0.3 is 0 Å². The molecule has 1 aliphatic carbocycles. The number of rotatable bonds is 3. The fourth-order valence-electron chi connectivity index (χ4n) is 1.49. The minimum atomic E-state index is -0.0880. The average Bonchev–Trinajstić information content (AvgIpc) is 2.74. The van der Waals surface area contributed by atoms with Crippen LogP contribution >= 0.6 is 15.9 Å². The van der Waals surface area contributed by atoms with Crippen molar-refractivity contribution in [2.24, 2.45) is 11.7 Å². The lowest BCUT2D eigenvalue weighted by atomic mass is 10.2. The smallest absolute Gasteiger partial charge is 0.133 e. The van der Waals surface area contributed by atoms with Gasteiger partial charge in [0.1, 0.15) is 12.4 Å². The maximum atomic E-state index is 6.05. The summed E-state index contributed by atoms with van der Waals surface area (Å²) < 4.78 is 6.65. The minimum absolute atomic E-state index is 0.0880. The summed E-state index contributed by atoms with van der Waals surface area (Å²) >= 11 is 3.43. The molecule has 0 heterocycles. The summed E-state index contributed by atoms with van der Waals surface area (Å²) in [6, 6.07) is 7.84. The molecule has 0 aromatic heterocycles. The summed E-state index contributed by atoms with van der Waals surface area (Å²) in [7, 11) is 0. The van der Waals surface area contributed by atoms with E-state index in [1.54, 1.807) is 0 Å². The normalized spacial score (nSPS) is 30.1. The Balaban J connectivity index is 1.96. The molecule has 14 heavy (non-hydrogen) atoms. The summed E-state index contributed by atoms with van der Waals surface area (Å²) in [4.78, 5) is 0. The van der Waals surface area contributed by atoms with E-state index < -0.39 is 0 Å². The third kappa shape index (κ3) is 1.93. The molecule has 2 N–H and O–H groups in total. The van der Waals surface area contributed by atoms with Gasteiger partial charge in [0.15, 0.2) is 0 Å². The topological polar surface area (TPSA) is 35.2 Å². The van der Waals surface area contributed by atoms with Gasteiger partial charge in [-0.15, -0.1) is 0 Å². The molecule has 0 radical (unpaired) electrons. The first-order chi connectivity index (χ1) is 6.62. The SMILES string of the molecule is CC1CC1(N)COc1ccccc1Br. The quantitative estimate of drug-likeness (QED) is 0.902. The Morgan fingerprint density at radius 1 is 1.57 bits per heavy atom. The van der Waals surface area contributed by atoms with Crippen molar-refractivity contribution in [2.45, 2.75) is 18.9 Å². The highest BCUT2D eigenvalue weighted by Gasteiger charge is 2.48. The van der Waals surface area contributed by atoms with Crippen LogP contribution in [0.25, 0.3) is 0 Å². The van der Waals surface area contributed by atoms with Crippen molar-refractivity contribution in [3.8, 4) is 5.75 Å². The number of hydrogen-bond donors (Lipinski definition) is 1. The van der Waals surface area contributed by atoms with Crippen LogP contribution in [0.15, 0.2) is 28.7 Å². The van der Waals surface area contributed by atoms with E-state index >= 15 is 0 Å². The molecule has 76 valence electrons. The largest absolute Gasteiger partial charge is 0.490 e. The first kappa shape index (κ1) is 9.99. The van der Waals surface area contributed by atoms with Crippen LogP contribution in [-0.2, 0) is 0 Å². The Bertz CT molecular complexity index is 342. The maximum Gasteiger partial charge on any atom is 0.133 e. The second-order valence-corrected chi connectivity index (χ2v) is 4.91. The first-order valence-electron chi connectivity index (χ1n) is 4.78. The molecule has 2 unspecified atom stereocenters. The lowest BCUT2D eigenvalue weighted by Crippen LogP contribution is -2.32. The highest BCUT2D eigenvalue weighted by Crippen LogP contribution is 2.41. The van der Waals surface area contributed by atoms with Crippen LogP contribution in [0, 0.1) is 5.92 Å². The summed E-state index contributed by atoms with van der Waals surface area (Å²) in [5.74, 6) is 1.46. The van der Waals surface area contributed by atoms with Crippen molar-refractivity contribution in [1.82, 2.24) is 0 Å². The molecular formula is C11H14BrNO. The molecule has 0 aliphatic heterocycles. The number of halogens is 1. The van der Waals surface area contributed by atoms with Crippen LogP contribution in [0.5, 0.6) is 5.75 Å². The van der Waals surface area contributed by atoms with Gasteiger partial charge in [-0.3, -0.25) is 0 Å². The summed E-state index contributed by atoms with van der Waals surface area (Å²) in [6.07, 6.45) is 1.07. The monoisotopic (exact) mass is 255 g/mol. The fourth-order valence-corrected chi connectivity index (χ4v) is 1.89. The Kier molecular flexibility index (Phi) is 2.54. The predicted octanol–water partition coefficient (Wildman–Crippen LogP) is 2.57. The van der Waals surface area contributed by atoms with E-state index in [1.807, 2.05) is 24.3 Å². The molecule has 1 aromatic carbocycles. The number of nitrogens with two attached hydrogens (primary N) is 1. The van der Waals surface area contributed by atoms with Crippen molar-refractivity contribution in [2.75, 3.05) is 6.61 Å². The van der Waals surface area contributed by atoms with Crippen LogP contribution in [0.3, 0.4) is 0 Å². The fraction of sp³-hybridized carbons (Fsp3) is 0.455. The van der Waals surface area contributed by atoms with Gasteiger partial charge in [-0.05, 0) is 40.4 Å². The molecule has 1 fully saturated rings. The van der Waals surface area contributed by atoms with E-state index in [-0.39, 0.29) is 5.54 Å². The van der Waals surface area contributed by atoms with Crippen LogP contribution < -0.4 is 10.5 Å². The molecule has 1 saturated carbocycles. The molecule has 1 aromatic rings. The van der Waals surface area contributed by atoms with Gasteiger partial charge in [0.25, 0.3) is 0 Å². The van der Waals surface area contributed by atoms with E-state index in [0.29, 0.717) is 12.5 Å². The lowest BCUT2D eigenvalue weighted by molar-refractivity contribution is 0.270. The van der Waals surface area contributed by atoms with Crippen LogP contribution in [0.2, 0.25) is 0 Å². The van der Waals surface area contributed by atoms with E-state index in [9.17, 15) is 0 Å². The Morgan fingerprint density at radius 2 is 2.21 bits per heavy atom. The van der Waals surface area contributed by atoms with Crippen molar-refractivity contribution in [3.05, 3.63) is 28.7 Å². The van der Waals surface area contributed by atoms with Gasteiger partial charge in [0, 0.05) is 0 Å². The maximum absolute atomic E-state index is 6.05. The molecule has 2 atom stereocenters. The standard InChI is InChI=1S/C11H14BrNO/c1-8-6-11(8,13)7-14-10-5-3-2-4-9(10)12/h2-5,8H,6-7,13H2,1H3. The zero-order chi connectivity index (χ0) is 10.2. The summed E-state index contributed by atoms with van der Waals surface area (Å²) in [5, 5.41) is 0. The van der Waals surface area contributed by atoms with E-state index in [4.69, 9.17) is 10.5 Å². The summed E-state index contributed by atoms with van der Waals surface area (Å²) in [6.45, 7) is 2.76. The zero-order valence-corrected chi connectivity index (χ0v) is 9.75. The molecule has 0 spiro atoms. The second kappa shape index (κ2) is 3.55. The average molecular weight is 256 g/mol. The summed E-state index contributed by atoms with van der Waals surface area (Å²) in [5.41, 5.74) is 5.96. The lowest BCUT2D eigenvalue weighted by Gasteiger charge is -2.13. The number of benzene rings is 1. The van der Waals surface area contributed by atoms with Gasteiger partial charge in [0.05, 0.1) is 10.0 Å². The van der Waals surface area contributed by atoms with E-state index in [1.165, 1.54) is 0 Å². The van der Waals surface area contributed by atoms with Crippen molar-refractivity contribution in [1.29, 1.82) is 0 Å². The van der Waals surface area contributed by atoms with Gasteiger partial charge in [-0.1, -0.05) is 19.1 Å². The third-order valence-electron chi connectivity index (χ3n) is 2.84. The Hall–Kier alpha value is -0.540. The predicted molar refractivity (Wildman–Crippen MR) is 60.3 cm³/mol. The molecule has 0 saturated heterocycles. The van der Waals surface area contributed by atoms with Gasteiger partial charge < -0.3 is 10.5 Å². The molecule has 2 rings (SSSR count). The van der Waals surface area contributed by atoms with Crippen molar-refractivity contribution < 1.29 is 4.74 Å². The second-order valence-electron chi connectivity index (χ2n) is 4.06.